The molecule has 4 aromatic rings. The lowest BCUT2D eigenvalue weighted by molar-refractivity contribution is 0.425. The van der Waals surface area contributed by atoms with Gasteiger partial charge in [-0.05, 0) is 22.2 Å². The van der Waals surface area contributed by atoms with E-state index in [2.05, 4.69) is 29.2 Å². The highest BCUT2D eigenvalue weighted by molar-refractivity contribution is 7.27. The number of aromatic nitrogens is 1. The van der Waals surface area contributed by atoms with E-state index in [1.165, 1.54) is 22.1 Å². The van der Waals surface area contributed by atoms with Crippen molar-refractivity contribution >= 4 is 55.1 Å². The van der Waals surface area contributed by atoms with E-state index in [0.29, 0.717) is 4.91 Å². The number of hydrogen-bond donors (Lipinski definition) is 2. The van der Waals surface area contributed by atoms with Crippen molar-refractivity contribution in [3.63, 3.8) is 0 Å². The van der Waals surface area contributed by atoms with E-state index in [-0.39, 0.29) is 0 Å². The Morgan fingerprint density at radius 1 is 0.850 bits per heavy atom. The molecule has 0 amide bonds. The van der Waals surface area contributed by atoms with Gasteiger partial charge in [-0.2, -0.15) is 0 Å². The fraction of sp³-hybridized carbons (Fsp3) is 0. The Morgan fingerprint density at radius 3 is 2.50 bits per heavy atom. The van der Waals surface area contributed by atoms with E-state index in [0.717, 1.165) is 21.0 Å². The number of thiazole rings is 1. The highest BCUT2D eigenvalue weighted by Gasteiger charge is 2.18. The van der Waals surface area contributed by atoms with Crippen LogP contribution in [0, 0.1) is 0 Å². The van der Waals surface area contributed by atoms with E-state index in [9.17, 15) is 10.0 Å². The van der Waals surface area contributed by atoms with E-state index >= 15 is 0 Å². The molecule has 5 heteroatoms. The summed E-state index contributed by atoms with van der Waals surface area (Å²) >= 11 is 1.31. The highest BCUT2D eigenvalue weighted by atomic mass is 32.1. The van der Waals surface area contributed by atoms with Crippen LogP contribution in [0.4, 0.5) is 0 Å². The summed E-state index contributed by atoms with van der Waals surface area (Å²) in [4.78, 5) is 4.70. The molecule has 0 fully saturated rings. The van der Waals surface area contributed by atoms with Crippen LogP contribution in [-0.4, -0.2) is 22.2 Å². The minimum Gasteiger partial charge on any atom is -0.422 e. The molecule has 0 unspecified atom stereocenters. The molecule has 1 aromatic heterocycles. The molecular weight excluding hydrogens is 269 g/mol. The maximum Gasteiger partial charge on any atom is 0.519 e. The van der Waals surface area contributed by atoms with Crippen LogP contribution < -0.4 is 4.91 Å². The first-order valence-electron chi connectivity index (χ1n) is 6.31. The summed E-state index contributed by atoms with van der Waals surface area (Å²) in [7, 11) is -1.51. The van der Waals surface area contributed by atoms with Crippen LogP contribution in [-0.2, 0) is 0 Å². The normalized spacial score (nSPS) is 11.5. The molecule has 0 saturated heterocycles. The summed E-state index contributed by atoms with van der Waals surface area (Å²) in [5.41, 5.74) is 0.835. The molecule has 2 N–H and O–H groups in total. The van der Waals surface area contributed by atoms with Gasteiger partial charge in [0.2, 0.25) is 0 Å². The van der Waals surface area contributed by atoms with Crippen LogP contribution in [0.3, 0.4) is 0 Å². The molecule has 1 heterocycles. The Hall–Kier alpha value is -1.95. The zero-order chi connectivity index (χ0) is 13.7. The van der Waals surface area contributed by atoms with E-state index in [1.807, 2.05) is 24.3 Å². The highest BCUT2D eigenvalue weighted by Crippen LogP contribution is 2.31. The summed E-state index contributed by atoms with van der Waals surface area (Å²) in [6.45, 7) is 0. The molecule has 20 heavy (non-hydrogen) atoms. The van der Waals surface area contributed by atoms with Crippen LogP contribution in [0.25, 0.3) is 31.8 Å². The average molecular weight is 279 g/mol. The van der Waals surface area contributed by atoms with Crippen LogP contribution >= 0.6 is 11.3 Å². The average Bonchev–Trinajstić information content (AvgIpc) is 2.91. The molecule has 96 valence electrons. The number of benzene rings is 3. The number of nitrogens with zero attached hydrogens (tertiary/aromatic N) is 1. The summed E-state index contributed by atoms with van der Waals surface area (Å²) in [5.74, 6) is 0. The lowest BCUT2D eigenvalue weighted by Crippen LogP contribution is -2.28. The maximum atomic E-state index is 9.27. The minimum atomic E-state index is -1.51. The summed E-state index contributed by atoms with van der Waals surface area (Å²) in [5, 5.41) is 23.1. The Labute approximate surface area is 119 Å². The summed E-state index contributed by atoms with van der Waals surface area (Å²) in [6.07, 6.45) is 0. The quantitative estimate of drug-likeness (QED) is 0.415. The molecular formula is C15H10BNO2S. The third-order valence-electron chi connectivity index (χ3n) is 3.52. The topological polar surface area (TPSA) is 53.4 Å². The van der Waals surface area contributed by atoms with Crippen molar-refractivity contribution in [2.45, 2.75) is 0 Å². The zero-order valence-corrected chi connectivity index (χ0v) is 11.3. The van der Waals surface area contributed by atoms with Gasteiger partial charge in [-0.1, -0.05) is 42.5 Å². The molecule has 3 aromatic carbocycles. The fourth-order valence-corrected chi connectivity index (χ4v) is 3.46. The zero-order valence-electron chi connectivity index (χ0n) is 10.4. The van der Waals surface area contributed by atoms with Gasteiger partial charge in [0.05, 0.1) is 10.2 Å². The lowest BCUT2D eigenvalue weighted by Gasteiger charge is -2.04. The molecule has 0 saturated carbocycles. The van der Waals surface area contributed by atoms with Crippen molar-refractivity contribution in [2.75, 3.05) is 0 Å². The predicted molar refractivity (Wildman–Crippen MR) is 84.5 cm³/mol. The molecule has 0 aliphatic rings. The first kappa shape index (κ1) is 11.8. The van der Waals surface area contributed by atoms with Crippen molar-refractivity contribution in [3.05, 3.63) is 48.5 Å². The molecule has 0 aliphatic carbocycles. The van der Waals surface area contributed by atoms with Gasteiger partial charge in [0.25, 0.3) is 0 Å². The molecule has 4 rings (SSSR count). The number of fused-ring (bicyclic) bond motifs is 5. The van der Waals surface area contributed by atoms with Crippen molar-refractivity contribution in [1.29, 1.82) is 0 Å². The van der Waals surface area contributed by atoms with Gasteiger partial charge in [0.1, 0.15) is 4.91 Å². The van der Waals surface area contributed by atoms with Crippen molar-refractivity contribution < 1.29 is 10.0 Å². The van der Waals surface area contributed by atoms with Gasteiger partial charge in [0, 0.05) is 5.39 Å². The minimum absolute atomic E-state index is 0.334. The largest absolute Gasteiger partial charge is 0.519 e. The molecule has 0 spiro atoms. The SMILES string of the molecule is OB(O)c1nc2c(ccc3c4ccccc4ccc32)s1. The summed E-state index contributed by atoms with van der Waals surface area (Å²) < 4.78 is 0.968. The third-order valence-corrected chi connectivity index (χ3v) is 4.58. The molecule has 0 aliphatic heterocycles. The Bertz CT molecular complexity index is 948. The van der Waals surface area contributed by atoms with Gasteiger partial charge in [-0.15, -0.1) is 11.3 Å². The molecule has 0 bridgehead atoms. The summed E-state index contributed by atoms with van der Waals surface area (Å²) in [6, 6.07) is 16.4. The van der Waals surface area contributed by atoms with Gasteiger partial charge < -0.3 is 10.0 Å². The van der Waals surface area contributed by atoms with Crippen molar-refractivity contribution in [2.24, 2.45) is 0 Å². The van der Waals surface area contributed by atoms with Gasteiger partial charge in [0.15, 0.2) is 0 Å². The van der Waals surface area contributed by atoms with Crippen LogP contribution in [0.15, 0.2) is 48.5 Å². The van der Waals surface area contributed by atoms with Gasteiger partial charge in [-0.3, -0.25) is 0 Å². The lowest BCUT2D eigenvalue weighted by atomic mass is 9.94. The van der Waals surface area contributed by atoms with Gasteiger partial charge >= 0.3 is 7.12 Å². The second-order valence-corrected chi connectivity index (χ2v) is 5.78. The van der Waals surface area contributed by atoms with Crippen molar-refractivity contribution in [1.82, 2.24) is 4.98 Å². The van der Waals surface area contributed by atoms with Crippen LogP contribution in [0.2, 0.25) is 0 Å². The standard InChI is InChI=1S/C15H10BNO2S/c18-16(19)15-17-14-12-6-5-9-3-1-2-4-10(9)11(12)7-8-13(14)20-15/h1-8,18-19H. The Kier molecular flexibility index (Phi) is 2.53. The number of hydrogen-bond acceptors (Lipinski definition) is 4. The smallest absolute Gasteiger partial charge is 0.422 e. The number of rotatable bonds is 1. The molecule has 0 radical (unpaired) electrons. The first-order chi connectivity index (χ1) is 9.74. The van der Waals surface area contributed by atoms with E-state index in [1.54, 1.807) is 0 Å². The van der Waals surface area contributed by atoms with E-state index < -0.39 is 7.12 Å². The monoisotopic (exact) mass is 279 g/mol. The Balaban J connectivity index is 2.16. The van der Waals surface area contributed by atoms with Crippen LogP contribution in [0.5, 0.6) is 0 Å². The maximum absolute atomic E-state index is 9.27. The third kappa shape index (κ3) is 1.64. The van der Waals surface area contributed by atoms with Crippen LogP contribution in [0.1, 0.15) is 0 Å². The van der Waals surface area contributed by atoms with E-state index in [4.69, 9.17) is 0 Å². The second-order valence-electron chi connectivity index (χ2n) is 4.72. The van der Waals surface area contributed by atoms with Gasteiger partial charge in [-0.25, -0.2) is 4.98 Å². The molecule has 0 atom stereocenters. The molecule has 3 nitrogen and oxygen atoms in total. The fourth-order valence-electron chi connectivity index (χ4n) is 2.61. The predicted octanol–water partition coefficient (Wildman–Crippen LogP) is 2.28. The first-order valence-corrected chi connectivity index (χ1v) is 7.13. The Morgan fingerprint density at radius 2 is 1.65 bits per heavy atom. The second kappa shape index (κ2) is 4.28. The van der Waals surface area contributed by atoms with Crippen molar-refractivity contribution in [3.8, 4) is 0 Å².